The van der Waals surface area contributed by atoms with Gasteiger partial charge < -0.3 is 0 Å². The molecule has 0 fully saturated rings. The highest BCUT2D eigenvalue weighted by molar-refractivity contribution is 5.84. The van der Waals surface area contributed by atoms with Crippen molar-refractivity contribution in [2.45, 2.75) is 66.2 Å². The number of pyridine rings is 1. The first-order chi connectivity index (χ1) is 18.9. The number of aromatic nitrogens is 4. The Balaban J connectivity index is 1.45. The van der Waals surface area contributed by atoms with E-state index in [1.54, 1.807) is 0 Å². The third-order valence-corrected chi connectivity index (χ3v) is 6.95. The summed E-state index contributed by atoms with van der Waals surface area (Å²) in [5.41, 5.74) is 9.97. The summed E-state index contributed by atoms with van der Waals surface area (Å²) in [7, 11) is 0. The molecular formula is C36H38N4. The van der Waals surface area contributed by atoms with Gasteiger partial charge in [-0.3, -0.25) is 4.98 Å². The topological polar surface area (TPSA) is 51.6 Å². The fourth-order valence-corrected chi connectivity index (χ4v) is 4.81. The lowest BCUT2D eigenvalue weighted by molar-refractivity contribution is 0.497. The van der Waals surface area contributed by atoms with Gasteiger partial charge in [-0.25, -0.2) is 15.0 Å². The van der Waals surface area contributed by atoms with Crippen LogP contribution in [-0.2, 0) is 10.8 Å². The molecule has 40 heavy (non-hydrogen) atoms. The lowest BCUT2D eigenvalue weighted by Gasteiger charge is -2.22. The summed E-state index contributed by atoms with van der Waals surface area (Å²) in [6, 6.07) is 28.1. The third kappa shape index (κ3) is 5.86. The van der Waals surface area contributed by atoms with E-state index >= 15 is 0 Å². The number of benzene rings is 3. The Morgan fingerprint density at radius 1 is 0.500 bits per heavy atom. The number of aryl methyl sites for hydroxylation is 2. The van der Waals surface area contributed by atoms with Crippen molar-refractivity contribution in [3.8, 4) is 44.9 Å². The Bertz CT molecular complexity index is 1600. The summed E-state index contributed by atoms with van der Waals surface area (Å²) < 4.78 is 0. The van der Waals surface area contributed by atoms with Gasteiger partial charge >= 0.3 is 0 Å². The maximum atomic E-state index is 4.82. The molecule has 0 bridgehead atoms. The van der Waals surface area contributed by atoms with Gasteiger partial charge in [-0.15, -0.1) is 0 Å². The first kappa shape index (κ1) is 27.4. The average Bonchev–Trinajstić information content (AvgIpc) is 2.91. The van der Waals surface area contributed by atoms with Crippen LogP contribution >= 0.6 is 0 Å². The van der Waals surface area contributed by atoms with Crippen molar-refractivity contribution in [1.29, 1.82) is 0 Å². The highest BCUT2D eigenvalue weighted by Gasteiger charge is 2.25. The molecule has 0 amide bonds. The molecule has 0 aliphatic heterocycles. The van der Waals surface area contributed by atoms with Crippen LogP contribution in [0.1, 0.15) is 64.3 Å². The van der Waals surface area contributed by atoms with Crippen LogP contribution < -0.4 is 0 Å². The molecule has 0 N–H and O–H groups in total. The van der Waals surface area contributed by atoms with Gasteiger partial charge in [-0.2, -0.15) is 0 Å². The van der Waals surface area contributed by atoms with E-state index in [0.717, 1.165) is 28.5 Å². The van der Waals surface area contributed by atoms with Crippen LogP contribution in [0.3, 0.4) is 0 Å². The molecule has 4 nitrogen and oxygen atoms in total. The number of hydrogen-bond acceptors (Lipinski definition) is 4. The Labute approximate surface area is 238 Å². The zero-order valence-corrected chi connectivity index (χ0v) is 24.9. The maximum Gasteiger partial charge on any atom is 0.164 e. The van der Waals surface area contributed by atoms with Crippen molar-refractivity contribution in [2.24, 2.45) is 0 Å². The number of hydrogen-bond donors (Lipinski definition) is 0. The van der Waals surface area contributed by atoms with Crippen molar-refractivity contribution in [2.75, 3.05) is 0 Å². The van der Waals surface area contributed by atoms with E-state index in [1.165, 1.54) is 33.4 Å². The van der Waals surface area contributed by atoms with Crippen molar-refractivity contribution in [3.05, 3.63) is 108 Å². The molecular weight excluding hydrogens is 488 g/mol. The standard InChI is InChI=1S/C36H38N4/c1-23-19-24(2)21-28(20-23)30-12-10-9-11-29(30)25-13-15-26(16-14-25)31-18-17-27(22-37-31)32-38-33(35(3,4)5)40-34(39-32)36(6,7)8/h9-22H,1-8H3. The molecule has 0 atom stereocenters. The summed E-state index contributed by atoms with van der Waals surface area (Å²) in [4.78, 5) is 19.2. The van der Waals surface area contributed by atoms with E-state index in [2.05, 4.69) is 128 Å². The predicted molar refractivity (Wildman–Crippen MR) is 166 cm³/mol. The molecule has 0 saturated carbocycles. The third-order valence-electron chi connectivity index (χ3n) is 6.95. The highest BCUT2D eigenvalue weighted by atomic mass is 15.1. The van der Waals surface area contributed by atoms with E-state index in [-0.39, 0.29) is 10.8 Å². The van der Waals surface area contributed by atoms with Crippen LogP contribution in [0.2, 0.25) is 0 Å². The SMILES string of the molecule is Cc1cc(C)cc(-c2ccccc2-c2ccc(-c3ccc(-c4nc(C(C)(C)C)nc(C(C)(C)C)n4)cn3)cc2)c1. The second-order valence-corrected chi connectivity index (χ2v) is 12.7. The highest BCUT2D eigenvalue weighted by Crippen LogP contribution is 2.34. The van der Waals surface area contributed by atoms with E-state index in [9.17, 15) is 0 Å². The Hall–Kier alpha value is -4.18. The van der Waals surface area contributed by atoms with Crippen LogP contribution in [0.25, 0.3) is 44.9 Å². The molecule has 2 aromatic heterocycles. The molecule has 202 valence electrons. The molecule has 5 aromatic rings. The first-order valence-corrected chi connectivity index (χ1v) is 13.9. The molecule has 4 heteroatoms. The number of rotatable bonds is 4. The van der Waals surface area contributed by atoms with Crippen molar-refractivity contribution in [3.63, 3.8) is 0 Å². The van der Waals surface area contributed by atoms with Gasteiger partial charge in [-0.1, -0.05) is 119 Å². The second-order valence-electron chi connectivity index (χ2n) is 12.7. The van der Waals surface area contributed by atoms with Crippen LogP contribution in [0, 0.1) is 13.8 Å². The molecule has 0 aliphatic carbocycles. The Morgan fingerprint density at radius 2 is 1.00 bits per heavy atom. The van der Waals surface area contributed by atoms with Crippen LogP contribution in [-0.4, -0.2) is 19.9 Å². The van der Waals surface area contributed by atoms with Gasteiger partial charge in [0.2, 0.25) is 0 Å². The summed E-state index contributed by atoms with van der Waals surface area (Å²) in [5, 5.41) is 0. The molecule has 0 radical (unpaired) electrons. The predicted octanol–water partition coefficient (Wildman–Crippen LogP) is 9.15. The Kier molecular flexibility index (Phi) is 7.14. The molecule has 0 aliphatic rings. The van der Waals surface area contributed by atoms with Gasteiger partial charge in [0.15, 0.2) is 5.82 Å². The molecule has 2 heterocycles. The second kappa shape index (κ2) is 10.4. The minimum atomic E-state index is -0.177. The van der Waals surface area contributed by atoms with Gasteiger partial charge in [0.05, 0.1) is 5.69 Å². The fourth-order valence-electron chi connectivity index (χ4n) is 4.81. The lowest BCUT2D eigenvalue weighted by atomic mass is 9.92. The minimum absolute atomic E-state index is 0.177. The average molecular weight is 527 g/mol. The Morgan fingerprint density at radius 3 is 1.50 bits per heavy atom. The van der Waals surface area contributed by atoms with Crippen LogP contribution in [0.5, 0.6) is 0 Å². The molecule has 3 aromatic carbocycles. The summed E-state index contributed by atoms with van der Waals surface area (Å²) >= 11 is 0. The lowest BCUT2D eigenvalue weighted by Crippen LogP contribution is -2.24. The van der Waals surface area contributed by atoms with Crippen LogP contribution in [0.4, 0.5) is 0 Å². The fraction of sp³-hybridized carbons (Fsp3) is 0.278. The smallest absolute Gasteiger partial charge is 0.164 e. The van der Waals surface area contributed by atoms with Crippen molar-refractivity contribution in [1.82, 2.24) is 19.9 Å². The monoisotopic (exact) mass is 526 g/mol. The van der Waals surface area contributed by atoms with E-state index in [0.29, 0.717) is 5.82 Å². The van der Waals surface area contributed by atoms with Gasteiger partial charge in [0.25, 0.3) is 0 Å². The largest absolute Gasteiger partial charge is 0.255 e. The first-order valence-electron chi connectivity index (χ1n) is 13.9. The summed E-state index contributed by atoms with van der Waals surface area (Å²) in [6.07, 6.45) is 1.87. The molecule has 0 saturated heterocycles. The number of nitrogens with zero attached hydrogens (tertiary/aromatic N) is 4. The maximum absolute atomic E-state index is 4.82. The normalized spacial score (nSPS) is 12.0. The molecule has 0 spiro atoms. The molecule has 5 rings (SSSR count). The molecule has 0 unspecified atom stereocenters. The van der Waals surface area contributed by atoms with Crippen LogP contribution in [0.15, 0.2) is 85.1 Å². The van der Waals surface area contributed by atoms with Crippen molar-refractivity contribution < 1.29 is 0 Å². The van der Waals surface area contributed by atoms with E-state index < -0.39 is 0 Å². The van der Waals surface area contributed by atoms with E-state index in [4.69, 9.17) is 19.9 Å². The van der Waals surface area contributed by atoms with Gasteiger partial charge in [0, 0.05) is 28.2 Å². The zero-order chi connectivity index (χ0) is 28.7. The van der Waals surface area contributed by atoms with Gasteiger partial charge in [0.1, 0.15) is 11.6 Å². The quantitative estimate of drug-likeness (QED) is 0.234. The van der Waals surface area contributed by atoms with E-state index in [1.807, 2.05) is 12.3 Å². The zero-order valence-electron chi connectivity index (χ0n) is 24.9. The minimum Gasteiger partial charge on any atom is -0.255 e. The summed E-state index contributed by atoms with van der Waals surface area (Å²) in [5.74, 6) is 2.26. The van der Waals surface area contributed by atoms with Crippen molar-refractivity contribution >= 4 is 0 Å². The van der Waals surface area contributed by atoms with Gasteiger partial charge in [-0.05, 0) is 48.2 Å². The summed E-state index contributed by atoms with van der Waals surface area (Å²) in [6.45, 7) is 17.1.